The lowest BCUT2D eigenvalue weighted by atomic mass is 10.1. The first-order valence-electron chi connectivity index (χ1n) is 10.7. The summed E-state index contributed by atoms with van der Waals surface area (Å²) in [6.07, 6.45) is 1.05. The molecule has 1 fully saturated rings. The Morgan fingerprint density at radius 3 is 2.74 bits per heavy atom. The molecule has 2 amide bonds. The maximum absolute atomic E-state index is 12.6. The molecule has 166 valence electrons. The van der Waals surface area contributed by atoms with Crippen LogP contribution in [0, 0.1) is 5.92 Å². The number of carbonyl (C=O) groups is 2. The summed E-state index contributed by atoms with van der Waals surface area (Å²) in [4.78, 5) is 31.7. The minimum Gasteiger partial charge on any atom is -0.357 e. The van der Waals surface area contributed by atoms with Crippen molar-refractivity contribution < 1.29 is 9.59 Å². The zero-order valence-electron chi connectivity index (χ0n) is 18.2. The molecule has 1 saturated heterocycles. The van der Waals surface area contributed by atoms with Crippen LogP contribution in [0.25, 0.3) is 0 Å². The number of nitrogens with zero attached hydrogens (tertiary/aromatic N) is 2. The van der Waals surface area contributed by atoms with E-state index in [9.17, 15) is 9.59 Å². The van der Waals surface area contributed by atoms with Crippen molar-refractivity contribution in [3.63, 3.8) is 0 Å². The molecule has 0 bridgehead atoms. The molecule has 2 heterocycles. The standard InChI is InChI=1S/C23H31N5O2S/c1-3-24-23(26-14-17(2)13-20-5-4-12-31-20)27-15-18-6-8-19(9-7-18)22(30)28-11-10-25-21(29)16-28/h4-9,12,17H,3,10-11,13-16H2,1-2H3,(H,25,29)(H2,24,26,27). The number of amides is 2. The fourth-order valence-electron chi connectivity index (χ4n) is 3.37. The van der Waals surface area contributed by atoms with Gasteiger partial charge >= 0.3 is 0 Å². The fourth-order valence-corrected chi connectivity index (χ4v) is 4.24. The predicted molar refractivity (Wildman–Crippen MR) is 125 cm³/mol. The molecule has 3 N–H and O–H groups in total. The summed E-state index contributed by atoms with van der Waals surface area (Å²) in [5.74, 6) is 1.07. The number of hydrogen-bond acceptors (Lipinski definition) is 4. The van der Waals surface area contributed by atoms with E-state index in [1.165, 1.54) is 4.88 Å². The average molecular weight is 442 g/mol. The van der Waals surface area contributed by atoms with Crippen LogP contribution in [0.5, 0.6) is 0 Å². The van der Waals surface area contributed by atoms with Crippen molar-refractivity contribution >= 4 is 29.1 Å². The molecule has 1 atom stereocenters. The van der Waals surface area contributed by atoms with Gasteiger partial charge in [0.1, 0.15) is 0 Å². The highest BCUT2D eigenvalue weighted by Crippen LogP contribution is 2.14. The van der Waals surface area contributed by atoms with Crippen LogP contribution in [-0.2, 0) is 17.8 Å². The molecular formula is C23H31N5O2S. The first kappa shape index (κ1) is 22.8. The lowest BCUT2D eigenvalue weighted by Gasteiger charge is -2.26. The molecule has 1 aliphatic heterocycles. The topological polar surface area (TPSA) is 85.8 Å². The third-order valence-electron chi connectivity index (χ3n) is 5.04. The van der Waals surface area contributed by atoms with Crippen molar-refractivity contribution in [2.45, 2.75) is 26.8 Å². The van der Waals surface area contributed by atoms with E-state index in [2.05, 4.69) is 45.4 Å². The van der Waals surface area contributed by atoms with E-state index < -0.39 is 0 Å². The van der Waals surface area contributed by atoms with Crippen molar-refractivity contribution in [2.24, 2.45) is 10.9 Å². The molecule has 7 nitrogen and oxygen atoms in total. The van der Waals surface area contributed by atoms with Gasteiger partial charge in [-0.15, -0.1) is 11.3 Å². The van der Waals surface area contributed by atoms with E-state index >= 15 is 0 Å². The normalized spacial score (nSPS) is 15.4. The molecule has 1 aromatic carbocycles. The zero-order valence-corrected chi connectivity index (χ0v) is 19.0. The molecular weight excluding hydrogens is 410 g/mol. The van der Waals surface area contributed by atoms with Crippen LogP contribution in [-0.4, -0.2) is 55.4 Å². The van der Waals surface area contributed by atoms with Gasteiger partial charge in [-0.05, 0) is 48.4 Å². The van der Waals surface area contributed by atoms with Crippen molar-refractivity contribution in [1.82, 2.24) is 20.9 Å². The SMILES string of the molecule is CCNC(=NCc1ccc(C(=O)N2CCNC(=O)C2)cc1)NCC(C)Cc1cccs1. The first-order valence-corrected chi connectivity index (χ1v) is 11.6. The zero-order chi connectivity index (χ0) is 22.1. The lowest BCUT2D eigenvalue weighted by molar-refractivity contribution is -0.123. The number of aliphatic imine (C=N–C) groups is 1. The van der Waals surface area contributed by atoms with E-state index in [1.807, 2.05) is 31.2 Å². The summed E-state index contributed by atoms with van der Waals surface area (Å²) < 4.78 is 0. The highest BCUT2D eigenvalue weighted by atomic mass is 32.1. The van der Waals surface area contributed by atoms with Crippen molar-refractivity contribution in [1.29, 1.82) is 0 Å². The molecule has 8 heteroatoms. The second-order valence-electron chi connectivity index (χ2n) is 7.74. The van der Waals surface area contributed by atoms with Crippen LogP contribution in [0.4, 0.5) is 0 Å². The number of thiophene rings is 1. The summed E-state index contributed by atoms with van der Waals surface area (Å²) in [5, 5.41) is 11.6. The van der Waals surface area contributed by atoms with Crippen LogP contribution in [0.2, 0.25) is 0 Å². The van der Waals surface area contributed by atoms with Gasteiger partial charge in [0, 0.05) is 36.6 Å². The second kappa shape index (κ2) is 11.5. The molecule has 2 aromatic rings. The van der Waals surface area contributed by atoms with Crippen molar-refractivity contribution in [3.05, 3.63) is 57.8 Å². The Bertz CT molecular complexity index is 880. The number of nitrogens with one attached hydrogen (secondary N) is 3. The Balaban J connectivity index is 1.52. The number of benzene rings is 1. The van der Waals surface area contributed by atoms with Gasteiger partial charge in [-0.25, -0.2) is 4.99 Å². The number of piperazine rings is 1. The van der Waals surface area contributed by atoms with Gasteiger partial charge in [-0.2, -0.15) is 0 Å². The van der Waals surface area contributed by atoms with Gasteiger partial charge in [-0.3, -0.25) is 9.59 Å². The minimum absolute atomic E-state index is 0.111. The smallest absolute Gasteiger partial charge is 0.254 e. The Morgan fingerprint density at radius 2 is 2.06 bits per heavy atom. The molecule has 31 heavy (non-hydrogen) atoms. The Morgan fingerprint density at radius 1 is 1.26 bits per heavy atom. The fraction of sp³-hybridized carbons (Fsp3) is 0.435. The maximum atomic E-state index is 12.6. The molecule has 3 rings (SSSR count). The quantitative estimate of drug-likeness (QED) is 0.433. The van der Waals surface area contributed by atoms with Crippen molar-refractivity contribution in [3.8, 4) is 0 Å². The monoisotopic (exact) mass is 441 g/mol. The minimum atomic E-state index is -0.112. The molecule has 0 saturated carbocycles. The summed E-state index contributed by atoms with van der Waals surface area (Å²) in [6.45, 7) is 7.61. The van der Waals surface area contributed by atoms with Gasteiger partial charge < -0.3 is 20.9 Å². The number of hydrogen-bond donors (Lipinski definition) is 3. The summed E-state index contributed by atoms with van der Waals surface area (Å²) >= 11 is 1.80. The maximum Gasteiger partial charge on any atom is 0.254 e. The van der Waals surface area contributed by atoms with Gasteiger partial charge in [0.25, 0.3) is 5.91 Å². The Kier molecular flexibility index (Phi) is 8.46. The van der Waals surface area contributed by atoms with E-state index in [-0.39, 0.29) is 18.4 Å². The molecule has 0 aliphatic carbocycles. The van der Waals surface area contributed by atoms with Gasteiger partial charge in [-0.1, -0.05) is 25.1 Å². The predicted octanol–water partition coefficient (Wildman–Crippen LogP) is 2.25. The van der Waals surface area contributed by atoms with E-state index in [4.69, 9.17) is 0 Å². The molecule has 1 aromatic heterocycles. The van der Waals surface area contributed by atoms with E-state index in [0.29, 0.717) is 31.1 Å². The van der Waals surface area contributed by atoms with Crippen LogP contribution in [0.3, 0.4) is 0 Å². The molecule has 1 aliphatic rings. The highest BCUT2D eigenvalue weighted by Gasteiger charge is 2.22. The number of carbonyl (C=O) groups excluding carboxylic acids is 2. The summed E-state index contributed by atoms with van der Waals surface area (Å²) in [5.41, 5.74) is 1.62. The van der Waals surface area contributed by atoms with Crippen LogP contribution < -0.4 is 16.0 Å². The highest BCUT2D eigenvalue weighted by molar-refractivity contribution is 7.09. The number of guanidine groups is 1. The third-order valence-corrected chi connectivity index (χ3v) is 5.94. The van der Waals surface area contributed by atoms with E-state index in [0.717, 1.165) is 31.0 Å². The van der Waals surface area contributed by atoms with Crippen LogP contribution in [0.15, 0.2) is 46.8 Å². The second-order valence-corrected chi connectivity index (χ2v) is 8.77. The summed E-state index contributed by atoms with van der Waals surface area (Å²) in [6, 6.07) is 11.7. The number of rotatable bonds is 8. The molecule has 0 spiro atoms. The largest absolute Gasteiger partial charge is 0.357 e. The lowest BCUT2D eigenvalue weighted by Crippen LogP contribution is -2.49. The molecule has 1 unspecified atom stereocenters. The average Bonchev–Trinajstić information content (AvgIpc) is 3.28. The van der Waals surface area contributed by atoms with Gasteiger partial charge in [0.15, 0.2) is 5.96 Å². The van der Waals surface area contributed by atoms with Gasteiger partial charge in [0.2, 0.25) is 5.91 Å². The molecule has 0 radical (unpaired) electrons. The van der Waals surface area contributed by atoms with Gasteiger partial charge in [0.05, 0.1) is 13.1 Å². The third kappa shape index (κ3) is 7.10. The van der Waals surface area contributed by atoms with Crippen LogP contribution >= 0.6 is 11.3 Å². The van der Waals surface area contributed by atoms with Crippen molar-refractivity contribution in [2.75, 3.05) is 32.7 Å². The van der Waals surface area contributed by atoms with E-state index in [1.54, 1.807) is 16.2 Å². The first-order chi connectivity index (χ1) is 15.0. The summed E-state index contributed by atoms with van der Waals surface area (Å²) in [7, 11) is 0. The Hall–Kier alpha value is -2.87. The van der Waals surface area contributed by atoms with Crippen LogP contribution in [0.1, 0.15) is 34.6 Å². The Labute approximate surface area is 187 Å².